The number of terminal acetylenes is 1. The number of amides is 1. The van der Waals surface area contributed by atoms with Gasteiger partial charge in [0.25, 0.3) is 0 Å². The summed E-state index contributed by atoms with van der Waals surface area (Å²) in [5.41, 5.74) is 2.29. The van der Waals surface area contributed by atoms with E-state index in [1.54, 1.807) is 7.11 Å². The van der Waals surface area contributed by atoms with Crippen molar-refractivity contribution in [1.82, 2.24) is 9.80 Å². The maximum absolute atomic E-state index is 12.9. The minimum atomic E-state index is 0.287. The van der Waals surface area contributed by atoms with Crippen LogP contribution in [-0.4, -0.2) is 67.5 Å². The maximum atomic E-state index is 12.9. The molecule has 0 unspecified atom stereocenters. The summed E-state index contributed by atoms with van der Waals surface area (Å²) in [5.74, 6) is 2.55. The predicted molar refractivity (Wildman–Crippen MR) is 189 cm³/mol. The first-order valence-corrected chi connectivity index (χ1v) is 16.9. The first kappa shape index (κ1) is 43.1. The van der Waals surface area contributed by atoms with Gasteiger partial charge in [0, 0.05) is 31.0 Å². The summed E-state index contributed by atoms with van der Waals surface area (Å²) in [5, 5.41) is 0. The Morgan fingerprint density at radius 2 is 1.73 bits per heavy atom. The third-order valence-electron chi connectivity index (χ3n) is 7.09. The third-order valence-corrected chi connectivity index (χ3v) is 7.09. The molecular weight excluding hydrogens is 550 g/mol. The molecular formula is C37H65N3O4. The Labute approximate surface area is 271 Å². The van der Waals surface area contributed by atoms with Crippen molar-refractivity contribution in [3.05, 3.63) is 30.0 Å². The highest BCUT2D eigenvalue weighted by molar-refractivity contribution is 5.82. The summed E-state index contributed by atoms with van der Waals surface area (Å²) < 4.78 is 15.6. The molecule has 2 aliphatic heterocycles. The maximum Gasteiger partial charge on any atom is 0.236 e. The van der Waals surface area contributed by atoms with E-state index in [0.29, 0.717) is 24.2 Å². The van der Waals surface area contributed by atoms with Crippen LogP contribution in [0.25, 0.3) is 0 Å². The molecule has 1 saturated heterocycles. The third kappa shape index (κ3) is 17.3. The molecule has 2 heterocycles. The Kier molecular flexibility index (Phi) is 28.2. The topological polar surface area (TPSA) is 63.6 Å². The number of benzene rings is 1. The molecule has 3 rings (SSSR count). The van der Waals surface area contributed by atoms with E-state index in [-0.39, 0.29) is 6.79 Å². The fourth-order valence-corrected chi connectivity index (χ4v) is 4.83. The van der Waals surface area contributed by atoms with Crippen molar-refractivity contribution in [2.45, 2.75) is 126 Å². The van der Waals surface area contributed by atoms with E-state index in [4.69, 9.17) is 14.2 Å². The number of hydrogen-bond donors (Lipinski definition) is 0. The molecule has 0 spiro atoms. The van der Waals surface area contributed by atoms with Crippen LogP contribution in [-0.2, 0) is 4.79 Å². The molecule has 252 valence electrons. The Balaban J connectivity index is 0. The van der Waals surface area contributed by atoms with Gasteiger partial charge in [0.05, 0.1) is 13.7 Å². The number of likely N-dealkylation sites (tertiary alicyclic amines) is 1. The predicted octanol–water partition coefficient (Wildman–Crippen LogP) is 9.08. The van der Waals surface area contributed by atoms with Gasteiger partial charge < -0.3 is 19.1 Å². The van der Waals surface area contributed by atoms with Crippen molar-refractivity contribution in [3.8, 4) is 30.1 Å². The highest BCUT2D eigenvalue weighted by Gasteiger charge is 2.26. The number of ether oxygens (including phenoxy) is 3. The van der Waals surface area contributed by atoms with Gasteiger partial charge in [-0.3, -0.25) is 14.7 Å². The second kappa shape index (κ2) is 28.8. The number of carbonyl (C=O) groups is 1. The summed E-state index contributed by atoms with van der Waals surface area (Å²) in [7, 11) is 1.62. The molecule has 0 radical (unpaired) electrons. The van der Waals surface area contributed by atoms with E-state index in [1.807, 2.05) is 66.0 Å². The van der Waals surface area contributed by atoms with Gasteiger partial charge in [-0.15, -0.1) is 12.8 Å². The van der Waals surface area contributed by atoms with E-state index < -0.39 is 0 Å². The van der Waals surface area contributed by atoms with E-state index >= 15 is 0 Å². The van der Waals surface area contributed by atoms with Crippen LogP contribution in [0.1, 0.15) is 119 Å². The van der Waals surface area contributed by atoms with Gasteiger partial charge >= 0.3 is 0 Å². The molecule has 1 aromatic carbocycles. The number of hydrogen-bond acceptors (Lipinski definition) is 6. The number of aliphatic imine (C=N–C) groups is 1. The van der Waals surface area contributed by atoms with Crippen LogP contribution in [0.3, 0.4) is 0 Å². The fraction of sp³-hybridized carbons (Fsp3) is 0.676. The van der Waals surface area contributed by atoms with Gasteiger partial charge in [0.15, 0.2) is 11.5 Å². The summed E-state index contributed by atoms with van der Waals surface area (Å²) in [4.78, 5) is 21.9. The quantitative estimate of drug-likeness (QED) is 0.164. The van der Waals surface area contributed by atoms with Crippen LogP contribution >= 0.6 is 0 Å². The summed E-state index contributed by atoms with van der Waals surface area (Å²) in [6.07, 6.45) is 22.2. The van der Waals surface area contributed by atoms with Gasteiger partial charge in [-0.25, -0.2) is 0 Å². The SMILES string of the molecule is C#C.C/C=C\N=C(C)CC[C@H]1CCCCN1CC(=O)N(CCCC)CCCC.CC.CC.COc1cc(C)cc2c1OCO2. The molecule has 1 fully saturated rings. The first-order valence-electron chi connectivity index (χ1n) is 16.9. The van der Waals surface area contributed by atoms with Crippen LogP contribution in [0.4, 0.5) is 0 Å². The number of piperidine rings is 1. The molecule has 7 nitrogen and oxygen atoms in total. The monoisotopic (exact) mass is 615 g/mol. The lowest BCUT2D eigenvalue weighted by molar-refractivity contribution is -0.133. The number of carbonyl (C=O) groups excluding carboxylic acids is 1. The number of fused-ring (bicyclic) bond motifs is 1. The van der Waals surface area contributed by atoms with Crippen molar-refractivity contribution < 1.29 is 19.0 Å². The van der Waals surface area contributed by atoms with Crippen LogP contribution in [0.2, 0.25) is 0 Å². The normalized spacial score (nSPS) is 15.3. The van der Waals surface area contributed by atoms with Gasteiger partial charge in [0.2, 0.25) is 18.4 Å². The molecule has 0 aromatic heterocycles. The van der Waals surface area contributed by atoms with E-state index in [1.165, 1.54) is 25.0 Å². The van der Waals surface area contributed by atoms with Crippen molar-refractivity contribution in [2.24, 2.45) is 4.99 Å². The average Bonchev–Trinajstić information content (AvgIpc) is 3.54. The molecule has 1 aromatic rings. The van der Waals surface area contributed by atoms with Gasteiger partial charge in [0.1, 0.15) is 0 Å². The molecule has 44 heavy (non-hydrogen) atoms. The second-order valence-electron chi connectivity index (χ2n) is 10.3. The molecule has 2 aliphatic rings. The van der Waals surface area contributed by atoms with E-state index in [9.17, 15) is 4.79 Å². The van der Waals surface area contributed by atoms with Crippen LogP contribution in [0.15, 0.2) is 29.4 Å². The highest BCUT2D eigenvalue weighted by atomic mass is 16.7. The summed E-state index contributed by atoms with van der Waals surface area (Å²) in [6, 6.07) is 4.39. The van der Waals surface area contributed by atoms with Crippen molar-refractivity contribution in [1.29, 1.82) is 0 Å². The minimum Gasteiger partial charge on any atom is -0.493 e. The molecule has 0 saturated carbocycles. The number of nitrogens with zero attached hydrogens (tertiary/aromatic N) is 3. The van der Waals surface area contributed by atoms with Crippen molar-refractivity contribution in [3.63, 3.8) is 0 Å². The molecule has 0 aliphatic carbocycles. The Bertz CT molecular complexity index is 934. The van der Waals surface area contributed by atoms with Gasteiger partial charge in [-0.2, -0.15) is 0 Å². The van der Waals surface area contributed by atoms with Crippen LogP contribution in [0, 0.1) is 19.8 Å². The molecule has 7 heteroatoms. The largest absolute Gasteiger partial charge is 0.493 e. The molecule has 1 atom stereocenters. The second-order valence-corrected chi connectivity index (χ2v) is 10.3. The van der Waals surface area contributed by atoms with E-state index in [2.05, 4.69) is 48.4 Å². The van der Waals surface area contributed by atoms with Gasteiger partial charge in [-0.1, -0.05) is 66.9 Å². The van der Waals surface area contributed by atoms with Crippen LogP contribution in [0.5, 0.6) is 17.2 Å². The minimum absolute atomic E-state index is 0.287. The molecule has 0 bridgehead atoms. The standard InChI is InChI=1S/C22H41N3O.C9H10O3.2C2H6.C2H2/c1-5-8-16-24(17-9-6-2)22(26)19-25-18-11-10-12-21(25)14-13-20(4)23-15-7-3;1-6-3-7(10-2)9-8(4-6)11-5-12-9;3*1-2/h7,15,21H,5-6,8-14,16-19H2,1-4H3;3-4H,5H2,1-2H3;2*1-2H3;1-2H/b15-7-,23-20?;;;;/t21-;;;;/m1..../s1. The Morgan fingerprint density at radius 1 is 1.09 bits per heavy atom. The van der Waals surface area contributed by atoms with Crippen molar-refractivity contribution in [2.75, 3.05) is 40.1 Å². The average molecular weight is 616 g/mol. The lowest BCUT2D eigenvalue weighted by atomic mass is 9.97. The molecule has 1 amide bonds. The smallest absolute Gasteiger partial charge is 0.236 e. The summed E-state index contributed by atoms with van der Waals surface area (Å²) in [6.45, 7) is 22.3. The first-order chi connectivity index (χ1) is 21.4. The highest BCUT2D eigenvalue weighted by Crippen LogP contribution is 2.41. The number of unbranched alkanes of at least 4 members (excludes halogenated alkanes) is 2. The van der Waals surface area contributed by atoms with Crippen LogP contribution < -0.4 is 14.2 Å². The zero-order valence-corrected chi connectivity index (χ0v) is 29.9. The lowest BCUT2D eigenvalue weighted by Crippen LogP contribution is -2.47. The fourth-order valence-electron chi connectivity index (χ4n) is 4.83. The van der Waals surface area contributed by atoms with E-state index in [0.717, 1.165) is 75.2 Å². The molecule has 0 N–H and O–H groups in total. The summed E-state index contributed by atoms with van der Waals surface area (Å²) >= 11 is 0. The van der Waals surface area contributed by atoms with Gasteiger partial charge in [-0.05, 0) is 83.5 Å². The lowest BCUT2D eigenvalue weighted by Gasteiger charge is -2.36. The Morgan fingerprint density at radius 3 is 2.30 bits per heavy atom. The zero-order valence-electron chi connectivity index (χ0n) is 29.9. The number of rotatable bonds is 13. The number of methoxy groups -OCH3 is 1. The van der Waals surface area contributed by atoms with Crippen molar-refractivity contribution >= 4 is 11.6 Å². The zero-order chi connectivity index (χ0) is 33.8. The number of aryl methyl sites for hydroxylation is 1. The Hall–Kier alpha value is -2.98. The number of allylic oxidation sites excluding steroid dienone is 1.